The second-order valence-corrected chi connectivity index (χ2v) is 7.10. The van der Waals surface area contributed by atoms with Gasteiger partial charge in [-0.05, 0) is 38.6 Å². The third-order valence-corrected chi connectivity index (χ3v) is 3.73. The third-order valence-electron chi connectivity index (χ3n) is 3.73. The topological polar surface area (TPSA) is 381 Å². The molecule has 0 spiro atoms. The average Bonchev–Trinajstić information content (AvgIpc) is 2.80. The minimum absolute atomic E-state index is 0.0129. The van der Waals surface area contributed by atoms with Gasteiger partial charge in [0.1, 0.15) is 18.1 Å². The molecule has 0 aliphatic heterocycles. The molecule has 0 saturated heterocycles. The van der Waals surface area contributed by atoms with Crippen LogP contribution in [0.3, 0.4) is 0 Å². The lowest BCUT2D eigenvalue weighted by molar-refractivity contribution is -0.141. The third kappa shape index (κ3) is 39.9. The Kier molecular flexibility index (Phi) is 29.6. The van der Waals surface area contributed by atoms with E-state index in [-0.39, 0.29) is 25.3 Å². The number of guanidine groups is 1. The van der Waals surface area contributed by atoms with E-state index in [1.807, 2.05) is 0 Å². The van der Waals surface area contributed by atoms with Crippen molar-refractivity contribution in [1.29, 1.82) is 0 Å². The first kappa shape index (κ1) is 40.6. The van der Waals surface area contributed by atoms with Gasteiger partial charge in [-0.15, -0.1) is 0 Å². The quantitative estimate of drug-likeness (QED) is 0.0537. The number of carboxylic acids is 5. The lowest BCUT2D eigenvalue weighted by Gasteiger charge is -2.03. The molecule has 18 nitrogen and oxygen atoms in total. The fraction of sp³-hybridized carbons (Fsp3) is 0.684. The van der Waals surface area contributed by atoms with Gasteiger partial charge in [-0.3, -0.25) is 29.0 Å². The van der Waals surface area contributed by atoms with Gasteiger partial charge in [-0.1, -0.05) is 6.42 Å². The van der Waals surface area contributed by atoms with Crippen LogP contribution < -0.4 is 40.1 Å². The number of aliphatic imine (C=N–C) groups is 1. The molecule has 0 aromatic rings. The molecule has 37 heavy (non-hydrogen) atoms. The van der Waals surface area contributed by atoms with Gasteiger partial charge in [-0.25, -0.2) is 0 Å². The minimum Gasteiger partial charge on any atom is -0.481 e. The van der Waals surface area contributed by atoms with Crippen molar-refractivity contribution in [3.63, 3.8) is 0 Å². The molecule has 0 radical (unpaired) electrons. The molecule has 0 amide bonds. The van der Waals surface area contributed by atoms with Gasteiger partial charge >= 0.3 is 29.8 Å². The van der Waals surface area contributed by atoms with E-state index in [0.29, 0.717) is 32.4 Å². The number of aliphatic carboxylic acids is 5. The number of carbonyl (C=O) groups is 5. The van der Waals surface area contributed by atoms with E-state index in [4.69, 9.17) is 59.9 Å². The number of nitrogens with zero attached hydrogens (tertiary/aromatic N) is 1. The predicted molar refractivity (Wildman–Crippen MR) is 133 cm³/mol. The van der Waals surface area contributed by atoms with E-state index >= 15 is 0 Å². The fourth-order valence-electron chi connectivity index (χ4n) is 1.68. The molecule has 18 heteroatoms. The van der Waals surface area contributed by atoms with E-state index in [1.165, 1.54) is 0 Å². The molecule has 3 atom stereocenters. The molecule has 0 aromatic heterocycles. The summed E-state index contributed by atoms with van der Waals surface area (Å²) in [5, 5.41) is 40.6. The smallest absolute Gasteiger partial charge is 0.320 e. The maximum atomic E-state index is 10.2. The van der Waals surface area contributed by atoms with E-state index in [0.717, 1.165) is 12.8 Å². The molecular formula is C19H42N8O10. The highest BCUT2D eigenvalue weighted by Crippen LogP contribution is 1.97. The van der Waals surface area contributed by atoms with Crippen LogP contribution in [0.5, 0.6) is 0 Å². The molecule has 0 bridgehead atoms. The summed E-state index contributed by atoms with van der Waals surface area (Å²) in [5.41, 5.74) is 35.3. The average molecular weight is 543 g/mol. The van der Waals surface area contributed by atoms with Gasteiger partial charge in [0.15, 0.2) is 5.96 Å². The van der Waals surface area contributed by atoms with Crippen LogP contribution in [0.25, 0.3) is 0 Å². The van der Waals surface area contributed by atoms with Gasteiger partial charge in [0.25, 0.3) is 0 Å². The van der Waals surface area contributed by atoms with Crippen molar-refractivity contribution in [3.05, 3.63) is 0 Å². The lowest BCUT2D eigenvalue weighted by atomic mass is 10.1. The first-order valence-electron chi connectivity index (χ1n) is 10.9. The van der Waals surface area contributed by atoms with Crippen molar-refractivity contribution in [1.82, 2.24) is 0 Å². The maximum Gasteiger partial charge on any atom is 0.320 e. The zero-order chi connectivity index (χ0) is 30.0. The molecular weight excluding hydrogens is 500 g/mol. The maximum absolute atomic E-state index is 10.2. The Hall–Kier alpha value is -3.58. The van der Waals surface area contributed by atoms with Crippen LogP contribution in [-0.4, -0.2) is 99.1 Å². The van der Waals surface area contributed by atoms with Gasteiger partial charge in [0.2, 0.25) is 0 Å². The summed E-state index contributed by atoms with van der Waals surface area (Å²) >= 11 is 0. The zero-order valence-corrected chi connectivity index (χ0v) is 20.6. The first-order valence-corrected chi connectivity index (χ1v) is 10.9. The summed E-state index contributed by atoms with van der Waals surface area (Å²) in [7, 11) is 0. The monoisotopic (exact) mass is 542 g/mol. The SMILES string of the molecule is NC(N)=NCCC[C@H](N)C(=O)O.NCC(=O)O.NCCCC[C@H](N)C(=O)O.N[C@@H](CCC(=O)O)C(=O)O. The van der Waals surface area contributed by atoms with Crippen LogP contribution in [0.1, 0.15) is 44.9 Å². The van der Waals surface area contributed by atoms with E-state index in [1.54, 1.807) is 0 Å². The molecule has 218 valence electrons. The van der Waals surface area contributed by atoms with Gasteiger partial charge in [-0.2, -0.15) is 0 Å². The van der Waals surface area contributed by atoms with Crippen molar-refractivity contribution >= 4 is 35.8 Å². The largest absolute Gasteiger partial charge is 0.481 e. The number of carboxylic acid groups (broad SMARTS) is 5. The number of hydrogen-bond donors (Lipinski definition) is 12. The minimum atomic E-state index is -1.17. The number of rotatable bonds is 15. The highest BCUT2D eigenvalue weighted by Gasteiger charge is 2.12. The van der Waals surface area contributed by atoms with Gasteiger partial charge in [0, 0.05) is 13.0 Å². The Balaban J connectivity index is -0.000000203. The molecule has 0 saturated carbocycles. The van der Waals surface area contributed by atoms with Crippen molar-refractivity contribution in [3.8, 4) is 0 Å². The number of unbranched alkanes of at least 4 members (excludes halogenated alkanes) is 1. The van der Waals surface area contributed by atoms with Crippen molar-refractivity contribution in [2.24, 2.45) is 45.1 Å². The Morgan fingerprint density at radius 2 is 1.00 bits per heavy atom. The Morgan fingerprint density at radius 3 is 1.30 bits per heavy atom. The van der Waals surface area contributed by atoms with Crippen LogP contribution in [0, 0.1) is 0 Å². The van der Waals surface area contributed by atoms with E-state index < -0.39 is 48.0 Å². The Labute approximate surface area is 213 Å². The summed E-state index contributed by atoms with van der Waals surface area (Å²) in [6.45, 7) is 0.746. The molecule has 0 aromatic carbocycles. The van der Waals surface area contributed by atoms with Crippen molar-refractivity contribution in [2.75, 3.05) is 19.6 Å². The Bertz CT molecular complexity index is 690. The van der Waals surface area contributed by atoms with Crippen LogP contribution >= 0.6 is 0 Å². The standard InChI is InChI=1S/C6H14N4O2.C6H14N2O2.C5H9NO4.C2H5NO2/c7-4(5(11)12)2-1-3-10-6(8)9;7-4-2-1-3-5(8)6(9)10;6-3(5(9)10)1-2-4(7)8;3-1-2(4)5/h4H,1-3,7H2,(H,11,12)(H4,8,9,10);5H,1-4,7-8H2,(H,9,10);3H,1-2,6H2,(H,7,8)(H,9,10);1,3H2,(H,4,5)/t4-;5-;3-;/m000./s1. The van der Waals surface area contributed by atoms with Gasteiger partial charge in [0.05, 0.1) is 6.54 Å². The second-order valence-electron chi connectivity index (χ2n) is 7.10. The molecule has 0 unspecified atom stereocenters. The molecule has 0 rings (SSSR count). The highest BCUT2D eigenvalue weighted by atomic mass is 16.4. The fourth-order valence-corrected chi connectivity index (χ4v) is 1.68. The summed E-state index contributed by atoms with van der Waals surface area (Å²) in [4.78, 5) is 53.1. The van der Waals surface area contributed by atoms with Crippen molar-refractivity contribution in [2.45, 2.75) is 63.1 Å². The van der Waals surface area contributed by atoms with E-state index in [2.05, 4.69) is 10.7 Å². The van der Waals surface area contributed by atoms with Crippen LogP contribution in [0.15, 0.2) is 4.99 Å². The molecule has 0 heterocycles. The molecule has 0 aliphatic carbocycles. The lowest BCUT2D eigenvalue weighted by Crippen LogP contribution is -2.30. The zero-order valence-electron chi connectivity index (χ0n) is 20.6. The highest BCUT2D eigenvalue weighted by molar-refractivity contribution is 5.76. The van der Waals surface area contributed by atoms with Crippen LogP contribution in [0.2, 0.25) is 0 Å². The molecule has 0 aliphatic rings. The Morgan fingerprint density at radius 1 is 0.622 bits per heavy atom. The number of hydrogen-bond acceptors (Lipinski definition) is 11. The normalized spacial score (nSPS) is 11.8. The van der Waals surface area contributed by atoms with Gasteiger partial charge < -0.3 is 65.7 Å². The number of nitrogens with two attached hydrogens (primary N) is 7. The molecule has 19 N–H and O–H groups in total. The summed E-state index contributed by atoms with van der Waals surface area (Å²) in [6.07, 6.45) is 2.90. The predicted octanol–water partition coefficient (Wildman–Crippen LogP) is -3.73. The summed E-state index contributed by atoms with van der Waals surface area (Å²) in [5.74, 6) is -5.08. The summed E-state index contributed by atoms with van der Waals surface area (Å²) < 4.78 is 0. The van der Waals surface area contributed by atoms with E-state index in [9.17, 15) is 24.0 Å². The second kappa shape index (κ2) is 27.0. The van der Waals surface area contributed by atoms with Crippen molar-refractivity contribution < 1.29 is 49.5 Å². The van der Waals surface area contributed by atoms with Crippen LogP contribution in [-0.2, 0) is 24.0 Å². The molecule has 0 fully saturated rings. The van der Waals surface area contributed by atoms with Crippen LogP contribution in [0.4, 0.5) is 0 Å². The summed E-state index contributed by atoms with van der Waals surface area (Å²) in [6, 6.07) is -2.60. The first-order chi connectivity index (χ1) is 17.0.